The Balaban J connectivity index is 1.62. The fourth-order valence-corrected chi connectivity index (χ4v) is 3.03. The van der Waals surface area contributed by atoms with Crippen molar-refractivity contribution in [2.75, 3.05) is 0 Å². The summed E-state index contributed by atoms with van der Waals surface area (Å²) in [6.45, 7) is 2.28. The third-order valence-corrected chi connectivity index (χ3v) is 4.66. The van der Waals surface area contributed by atoms with E-state index in [0.29, 0.717) is 17.7 Å². The first kappa shape index (κ1) is 12.2. The predicted octanol–water partition coefficient (Wildman–Crippen LogP) is 3.16. The molecule has 2 saturated carbocycles. The first-order valence-electron chi connectivity index (χ1n) is 7.37. The summed E-state index contributed by atoms with van der Waals surface area (Å²) in [6.07, 6.45) is 8.74. The van der Waals surface area contributed by atoms with Crippen molar-refractivity contribution in [1.29, 1.82) is 0 Å². The molecular formula is C14H23N3O. The summed E-state index contributed by atoms with van der Waals surface area (Å²) in [5, 5.41) is 4.16. The van der Waals surface area contributed by atoms with Gasteiger partial charge in [-0.05, 0) is 50.4 Å². The van der Waals surface area contributed by atoms with Gasteiger partial charge in [0.1, 0.15) is 0 Å². The van der Waals surface area contributed by atoms with Crippen LogP contribution in [-0.4, -0.2) is 10.1 Å². The average molecular weight is 249 g/mol. The second kappa shape index (κ2) is 5.00. The molecule has 4 nitrogen and oxygen atoms in total. The van der Waals surface area contributed by atoms with Crippen LogP contribution in [0.5, 0.6) is 0 Å². The van der Waals surface area contributed by atoms with E-state index in [9.17, 15) is 0 Å². The molecule has 100 valence electrons. The molecule has 0 spiro atoms. The molecule has 1 aromatic heterocycles. The summed E-state index contributed by atoms with van der Waals surface area (Å²) in [5.74, 6) is 3.54. The lowest BCUT2D eigenvalue weighted by Gasteiger charge is -2.25. The highest BCUT2D eigenvalue weighted by molar-refractivity contribution is 5.02. The van der Waals surface area contributed by atoms with E-state index >= 15 is 0 Å². The van der Waals surface area contributed by atoms with Crippen molar-refractivity contribution in [1.82, 2.24) is 10.1 Å². The molecule has 0 saturated heterocycles. The van der Waals surface area contributed by atoms with Crippen LogP contribution in [0, 0.1) is 11.8 Å². The molecule has 3 rings (SSSR count). The number of rotatable bonds is 4. The maximum Gasteiger partial charge on any atom is 0.243 e. The topological polar surface area (TPSA) is 64.9 Å². The lowest BCUT2D eigenvalue weighted by Crippen LogP contribution is -2.15. The molecule has 1 unspecified atom stereocenters. The Morgan fingerprint density at radius 3 is 2.56 bits per heavy atom. The maximum absolute atomic E-state index is 6.09. The summed E-state index contributed by atoms with van der Waals surface area (Å²) in [5.41, 5.74) is 6.09. The molecule has 0 amide bonds. The zero-order valence-electron chi connectivity index (χ0n) is 11.1. The van der Waals surface area contributed by atoms with Gasteiger partial charge in [0, 0.05) is 5.92 Å². The average Bonchev–Trinajstić information content (AvgIpc) is 3.15. The summed E-state index contributed by atoms with van der Waals surface area (Å²) < 4.78 is 5.35. The van der Waals surface area contributed by atoms with Crippen LogP contribution in [-0.2, 0) is 0 Å². The van der Waals surface area contributed by atoms with Crippen LogP contribution in [0.4, 0.5) is 0 Å². The molecule has 0 aliphatic heterocycles. The lowest BCUT2D eigenvalue weighted by molar-refractivity contribution is 0.300. The van der Waals surface area contributed by atoms with Gasteiger partial charge >= 0.3 is 0 Å². The monoisotopic (exact) mass is 249 g/mol. The first-order chi connectivity index (χ1) is 8.78. The highest BCUT2D eigenvalue weighted by atomic mass is 16.5. The largest absolute Gasteiger partial charge is 0.338 e. The van der Waals surface area contributed by atoms with Gasteiger partial charge in [0.05, 0.1) is 6.04 Å². The fraction of sp³-hybridized carbons (Fsp3) is 0.857. The molecule has 1 heterocycles. The zero-order chi connectivity index (χ0) is 12.5. The van der Waals surface area contributed by atoms with Gasteiger partial charge in [-0.3, -0.25) is 0 Å². The Labute approximate surface area is 108 Å². The number of nitrogens with two attached hydrogens (primary N) is 1. The van der Waals surface area contributed by atoms with Crippen molar-refractivity contribution in [3.05, 3.63) is 11.7 Å². The van der Waals surface area contributed by atoms with Gasteiger partial charge in [0.25, 0.3) is 0 Å². The highest BCUT2D eigenvalue weighted by Gasteiger charge is 2.34. The number of aromatic nitrogens is 2. The zero-order valence-corrected chi connectivity index (χ0v) is 11.1. The summed E-state index contributed by atoms with van der Waals surface area (Å²) in [6, 6.07) is -0.0294. The smallest absolute Gasteiger partial charge is 0.243 e. The Kier molecular flexibility index (Phi) is 3.37. The van der Waals surface area contributed by atoms with E-state index in [4.69, 9.17) is 10.3 Å². The van der Waals surface area contributed by atoms with Gasteiger partial charge in [-0.2, -0.15) is 4.98 Å². The van der Waals surface area contributed by atoms with Crippen LogP contribution in [0.25, 0.3) is 0 Å². The fourth-order valence-electron chi connectivity index (χ4n) is 3.03. The molecule has 2 aliphatic carbocycles. The molecule has 2 fully saturated rings. The van der Waals surface area contributed by atoms with Crippen molar-refractivity contribution in [3.8, 4) is 0 Å². The van der Waals surface area contributed by atoms with Gasteiger partial charge in [0.15, 0.2) is 5.82 Å². The van der Waals surface area contributed by atoms with E-state index in [1.165, 1.54) is 44.9 Å². The van der Waals surface area contributed by atoms with Gasteiger partial charge in [-0.15, -0.1) is 0 Å². The summed E-state index contributed by atoms with van der Waals surface area (Å²) in [4.78, 5) is 4.54. The minimum absolute atomic E-state index is 0.0294. The highest BCUT2D eigenvalue weighted by Crippen LogP contribution is 2.40. The molecule has 1 aromatic rings. The lowest BCUT2D eigenvalue weighted by atomic mass is 9.80. The van der Waals surface area contributed by atoms with Gasteiger partial charge < -0.3 is 10.3 Å². The molecule has 2 N–H and O–H groups in total. The van der Waals surface area contributed by atoms with Gasteiger partial charge in [-0.25, -0.2) is 0 Å². The van der Waals surface area contributed by atoms with Crippen molar-refractivity contribution in [3.63, 3.8) is 0 Å². The van der Waals surface area contributed by atoms with Crippen LogP contribution in [0.15, 0.2) is 4.52 Å². The quantitative estimate of drug-likeness (QED) is 0.890. The van der Waals surface area contributed by atoms with Crippen molar-refractivity contribution < 1.29 is 4.52 Å². The van der Waals surface area contributed by atoms with Gasteiger partial charge in [-0.1, -0.05) is 18.5 Å². The number of hydrogen-bond acceptors (Lipinski definition) is 4. The van der Waals surface area contributed by atoms with Crippen molar-refractivity contribution >= 4 is 0 Å². The molecule has 0 bridgehead atoms. The van der Waals surface area contributed by atoms with Crippen LogP contribution >= 0.6 is 0 Å². The van der Waals surface area contributed by atoms with E-state index in [0.717, 1.165) is 11.7 Å². The second-order valence-electron chi connectivity index (χ2n) is 5.98. The predicted molar refractivity (Wildman–Crippen MR) is 68.9 cm³/mol. The van der Waals surface area contributed by atoms with Crippen LogP contribution in [0.1, 0.15) is 75.5 Å². The third-order valence-electron chi connectivity index (χ3n) is 4.66. The molecule has 2 aliphatic rings. The number of nitrogens with zero attached hydrogens (tertiary/aromatic N) is 2. The standard InChI is InChI=1S/C14H23N3O/c1-2-9-3-5-11(6-4-9)13-16-14(18-17-13)12(15)10-7-8-10/h9-12H,2-8,15H2,1H3. The van der Waals surface area contributed by atoms with E-state index in [-0.39, 0.29) is 6.04 Å². The second-order valence-corrected chi connectivity index (χ2v) is 5.98. The Morgan fingerprint density at radius 2 is 1.94 bits per heavy atom. The summed E-state index contributed by atoms with van der Waals surface area (Å²) in [7, 11) is 0. The molecular weight excluding hydrogens is 226 g/mol. The molecule has 0 aromatic carbocycles. The third kappa shape index (κ3) is 2.44. The molecule has 1 atom stereocenters. The van der Waals surface area contributed by atoms with Gasteiger partial charge in [0.2, 0.25) is 5.89 Å². The van der Waals surface area contributed by atoms with Crippen LogP contribution in [0.3, 0.4) is 0 Å². The summed E-state index contributed by atoms with van der Waals surface area (Å²) >= 11 is 0. The van der Waals surface area contributed by atoms with Crippen molar-refractivity contribution in [2.45, 2.75) is 63.8 Å². The minimum Gasteiger partial charge on any atom is -0.338 e. The number of hydrogen-bond donors (Lipinski definition) is 1. The molecule has 4 heteroatoms. The molecule has 18 heavy (non-hydrogen) atoms. The van der Waals surface area contributed by atoms with E-state index in [1.54, 1.807) is 0 Å². The SMILES string of the molecule is CCC1CCC(c2noc(C(N)C3CC3)n2)CC1. The van der Waals surface area contributed by atoms with Crippen molar-refractivity contribution in [2.24, 2.45) is 17.6 Å². The van der Waals surface area contributed by atoms with E-state index < -0.39 is 0 Å². The van der Waals surface area contributed by atoms with Crippen LogP contribution in [0.2, 0.25) is 0 Å². The Hall–Kier alpha value is -0.900. The Morgan fingerprint density at radius 1 is 1.22 bits per heavy atom. The maximum atomic E-state index is 6.09. The molecule has 0 radical (unpaired) electrons. The van der Waals surface area contributed by atoms with E-state index in [2.05, 4.69) is 17.1 Å². The minimum atomic E-state index is -0.0294. The Bertz CT molecular complexity index is 391. The normalized spacial score (nSPS) is 30.3. The van der Waals surface area contributed by atoms with E-state index in [1.807, 2.05) is 0 Å². The first-order valence-corrected chi connectivity index (χ1v) is 7.37. The van der Waals surface area contributed by atoms with Crippen LogP contribution < -0.4 is 5.73 Å².